The molecule has 2 heteroatoms. The number of aromatic nitrogens is 2. The summed E-state index contributed by atoms with van der Waals surface area (Å²) in [5, 5.41) is 2.47. The summed E-state index contributed by atoms with van der Waals surface area (Å²) in [4.78, 5) is 5.45. The maximum absolute atomic E-state index is 5.45. The molecule has 228 valence electrons. The van der Waals surface area contributed by atoms with Crippen molar-refractivity contribution in [2.24, 2.45) is 5.92 Å². The Morgan fingerprint density at radius 3 is 2.06 bits per heavy atom. The Kier molecular flexibility index (Phi) is 5.78. The van der Waals surface area contributed by atoms with Gasteiger partial charge < -0.3 is 0 Å². The van der Waals surface area contributed by atoms with Crippen molar-refractivity contribution in [2.75, 3.05) is 0 Å². The first-order valence-electron chi connectivity index (χ1n) is 17.0. The number of rotatable bonds is 3. The highest BCUT2D eigenvalue weighted by Crippen LogP contribution is 2.62. The quantitative estimate of drug-likeness (QED) is 0.194. The topological polar surface area (TPSA) is 17.8 Å². The lowest BCUT2D eigenvalue weighted by Gasteiger charge is -2.36. The largest absolute Gasteiger partial charge is 0.294 e. The zero-order valence-corrected chi connectivity index (χ0v) is 27.1. The summed E-state index contributed by atoms with van der Waals surface area (Å²) in [6.45, 7) is 4.83. The van der Waals surface area contributed by atoms with Gasteiger partial charge in [0.25, 0.3) is 0 Å². The molecule has 0 fully saturated rings. The lowest BCUT2D eigenvalue weighted by molar-refractivity contribution is 0.670. The van der Waals surface area contributed by atoms with Crippen LogP contribution >= 0.6 is 0 Å². The fourth-order valence-corrected chi connectivity index (χ4v) is 8.87. The van der Waals surface area contributed by atoms with Crippen LogP contribution in [0.4, 0.5) is 0 Å². The van der Waals surface area contributed by atoms with Crippen molar-refractivity contribution in [3.8, 4) is 28.1 Å². The van der Waals surface area contributed by atoms with E-state index in [1.165, 1.54) is 66.7 Å². The van der Waals surface area contributed by atoms with Crippen LogP contribution in [0.25, 0.3) is 61.0 Å². The van der Waals surface area contributed by atoms with Gasteiger partial charge in [0, 0.05) is 28.0 Å². The fourth-order valence-electron chi connectivity index (χ4n) is 8.87. The first-order valence-corrected chi connectivity index (χ1v) is 17.0. The normalized spacial score (nSPS) is 18.5. The van der Waals surface area contributed by atoms with E-state index in [4.69, 9.17) is 4.98 Å². The van der Waals surface area contributed by atoms with Crippen molar-refractivity contribution >= 4 is 33.0 Å². The minimum Gasteiger partial charge on any atom is -0.294 e. The predicted octanol–water partition coefficient (Wildman–Crippen LogP) is 11.6. The molecule has 1 unspecified atom stereocenters. The second kappa shape index (κ2) is 10.1. The van der Waals surface area contributed by atoms with Crippen LogP contribution in [-0.2, 0) is 5.41 Å². The van der Waals surface area contributed by atoms with E-state index in [2.05, 4.69) is 176 Å². The van der Waals surface area contributed by atoms with Crippen molar-refractivity contribution in [1.29, 1.82) is 0 Å². The zero-order chi connectivity index (χ0) is 32.0. The van der Waals surface area contributed by atoms with E-state index in [9.17, 15) is 0 Å². The summed E-state index contributed by atoms with van der Waals surface area (Å²) in [5.74, 6) is 1.51. The summed E-state index contributed by atoms with van der Waals surface area (Å²) in [6, 6.07) is 48.6. The third-order valence-corrected chi connectivity index (χ3v) is 11.0. The van der Waals surface area contributed by atoms with E-state index in [-0.39, 0.29) is 11.3 Å². The Morgan fingerprint density at radius 2 is 1.23 bits per heavy atom. The standard InChI is InChI=1S/C46H34N2/c1-46(2)38-21-11-8-19-35(38)42-33-17-6-7-18-34(33)43-36-20-10-13-23-40(36)48(45(43)44(42)46)41-28-37(32-16-9-12-22-39(32)47-41)31-26-24-30(25-27-31)29-14-4-3-5-15-29/h3-28,33-34H,1-2H3/t33-,34?/m0/s1. The smallest absolute Gasteiger partial charge is 0.138 e. The Bertz CT molecular complexity index is 2520. The predicted molar refractivity (Wildman–Crippen MR) is 200 cm³/mol. The van der Waals surface area contributed by atoms with E-state index in [0.717, 1.165) is 16.7 Å². The summed E-state index contributed by atoms with van der Waals surface area (Å²) in [6.07, 6.45) is 9.33. The molecule has 0 radical (unpaired) electrons. The van der Waals surface area contributed by atoms with Gasteiger partial charge in [-0.15, -0.1) is 0 Å². The molecule has 10 rings (SSSR count). The summed E-state index contributed by atoms with van der Waals surface area (Å²) in [7, 11) is 0. The van der Waals surface area contributed by atoms with Gasteiger partial charge in [0.15, 0.2) is 0 Å². The second-order valence-electron chi connectivity index (χ2n) is 13.9. The van der Waals surface area contributed by atoms with Crippen LogP contribution in [0.2, 0.25) is 0 Å². The maximum atomic E-state index is 5.45. The lowest BCUT2D eigenvalue weighted by atomic mass is 9.68. The Labute approximate surface area is 281 Å². The summed E-state index contributed by atoms with van der Waals surface area (Å²) >= 11 is 0. The molecule has 7 aromatic rings. The van der Waals surface area contributed by atoms with Crippen molar-refractivity contribution in [3.63, 3.8) is 0 Å². The highest BCUT2D eigenvalue weighted by atomic mass is 15.1. The number of fused-ring (bicyclic) bond motifs is 10. The van der Waals surface area contributed by atoms with Gasteiger partial charge in [0.2, 0.25) is 0 Å². The van der Waals surface area contributed by atoms with Gasteiger partial charge in [-0.2, -0.15) is 0 Å². The first kappa shape index (κ1) is 27.4. The molecule has 2 atom stereocenters. The summed E-state index contributed by atoms with van der Waals surface area (Å²) < 4.78 is 2.49. The molecule has 0 N–H and O–H groups in total. The minimum atomic E-state index is -0.167. The molecule has 3 aliphatic rings. The molecule has 2 aromatic heterocycles. The number of para-hydroxylation sites is 2. The Hall–Kier alpha value is -5.73. The molecule has 5 aromatic carbocycles. The molecule has 0 aliphatic heterocycles. The molecule has 0 amide bonds. The number of hydrogen-bond donors (Lipinski definition) is 0. The summed E-state index contributed by atoms with van der Waals surface area (Å²) in [5.41, 5.74) is 15.3. The van der Waals surface area contributed by atoms with E-state index in [1.54, 1.807) is 0 Å². The molecule has 0 bridgehead atoms. The van der Waals surface area contributed by atoms with Crippen molar-refractivity contribution in [2.45, 2.75) is 25.2 Å². The number of hydrogen-bond acceptors (Lipinski definition) is 1. The third-order valence-electron chi connectivity index (χ3n) is 11.0. The van der Waals surface area contributed by atoms with Gasteiger partial charge in [-0.05, 0) is 68.3 Å². The molecular formula is C46H34N2. The molecule has 0 spiro atoms. The van der Waals surface area contributed by atoms with Crippen LogP contribution in [-0.4, -0.2) is 9.55 Å². The van der Waals surface area contributed by atoms with Gasteiger partial charge >= 0.3 is 0 Å². The Morgan fingerprint density at radius 1 is 0.583 bits per heavy atom. The number of benzene rings is 5. The number of pyridine rings is 1. The number of nitrogens with zero attached hydrogens (tertiary/aromatic N) is 2. The second-order valence-corrected chi connectivity index (χ2v) is 13.9. The minimum absolute atomic E-state index is 0.167. The molecule has 2 nitrogen and oxygen atoms in total. The van der Waals surface area contributed by atoms with Gasteiger partial charge in [0.05, 0.1) is 16.7 Å². The van der Waals surface area contributed by atoms with Crippen LogP contribution in [0.1, 0.15) is 42.1 Å². The molecule has 48 heavy (non-hydrogen) atoms. The van der Waals surface area contributed by atoms with E-state index in [1.807, 2.05) is 0 Å². The van der Waals surface area contributed by atoms with Gasteiger partial charge in [0.1, 0.15) is 5.82 Å². The highest BCUT2D eigenvalue weighted by molar-refractivity contribution is 6.09. The van der Waals surface area contributed by atoms with Crippen molar-refractivity contribution in [1.82, 2.24) is 9.55 Å². The van der Waals surface area contributed by atoms with Crippen molar-refractivity contribution in [3.05, 3.63) is 180 Å². The van der Waals surface area contributed by atoms with E-state index in [0.29, 0.717) is 5.92 Å². The monoisotopic (exact) mass is 614 g/mol. The van der Waals surface area contributed by atoms with Crippen LogP contribution in [0, 0.1) is 5.92 Å². The van der Waals surface area contributed by atoms with Crippen molar-refractivity contribution < 1.29 is 0 Å². The lowest BCUT2D eigenvalue weighted by Crippen LogP contribution is -2.25. The zero-order valence-electron chi connectivity index (χ0n) is 27.1. The van der Waals surface area contributed by atoms with Crippen LogP contribution < -0.4 is 0 Å². The molecule has 3 aliphatic carbocycles. The van der Waals surface area contributed by atoms with E-state index < -0.39 is 0 Å². The molecule has 2 heterocycles. The van der Waals surface area contributed by atoms with Gasteiger partial charge in [-0.1, -0.05) is 153 Å². The van der Waals surface area contributed by atoms with E-state index >= 15 is 0 Å². The number of allylic oxidation sites excluding steroid dienone is 6. The van der Waals surface area contributed by atoms with Gasteiger partial charge in [-0.25, -0.2) is 4.98 Å². The average molecular weight is 615 g/mol. The molecule has 0 saturated carbocycles. The Balaban J connectivity index is 1.27. The molecule has 0 saturated heterocycles. The third kappa shape index (κ3) is 3.77. The van der Waals surface area contributed by atoms with Crippen LogP contribution in [0.5, 0.6) is 0 Å². The maximum Gasteiger partial charge on any atom is 0.138 e. The fraction of sp³-hybridized carbons (Fsp3) is 0.109. The molecular weight excluding hydrogens is 581 g/mol. The van der Waals surface area contributed by atoms with Gasteiger partial charge in [-0.3, -0.25) is 4.57 Å². The SMILES string of the molecule is CC1(C)C2=C(c3ccccc31)[C@H]1C=CC=CC1c1c2n(-c2cc(-c3ccc(-c4ccccc4)cc3)c3ccccc3n2)c2ccccc12. The first-order chi connectivity index (χ1) is 23.6. The van der Waals surface area contributed by atoms with Crippen LogP contribution in [0.15, 0.2) is 158 Å². The van der Waals surface area contributed by atoms with Crippen LogP contribution in [0.3, 0.4) is 0 Å². The average Bonchev–Trinajstić information content (AvgIpc) is 3.61. The highest BCUT2D eigenvalue weighted by Gasteiger charge is 2.48.